The van der Waals surface area contributed by atoms with Crippen LogP contribution in [-0.2, 0) is 6.42 Å². The summed E-state index contributed by atoms with van der Waals surface area (Å²) in [6.45, 7) is 4.19. The van der Waals surface area contributed by atoms with Crippen LogP contribution in [0, 0.1) is 13.8 Å². The molecular weight excluding hydrogens is 182 g/mol. The molecule has 0 spiro atoms. The maximum Gasteiger partial charge on any atom is 0.0297 e. The Hall–Kier alpha value is -1.63. The van der Waals surface area contributed by atoms with Crippen LogP contribution in [0.25, 0.3) is 0 Å². The van der Waals surface area contributed by atoms with E-state index in [0.29, 0.717) is 0 Å². The molecule has 1 aromatic heterocycles. The second kappa shape index (κ2) is 4.26. The van der Waals surface area contributed by atoms with E-state index in [9.17, 15) is 0 Å². The monoisotopic (exact) mass is 197 g/mol. The van der Waals surface area contributed by atoms with Gasteiger partial charge in [-0.25, -0.2) is 0 Å². The summed E-state index contributed by atoms with van der Waals surface area (Å²) in [5, 5.41) is 0. The van der Waals surface area contributed by atoms with Gasteiger partial charge in [0, 0.05) is 12.4 Å². The highest BCUT2D eigenvalue weighted by molar-refractivity contribution is 5.49. The average Bonchev–Trinajstić information content (AvgIpc) is 3.00. The van der Waals surface area contributed by atoms with Gasteiger partial charge in [0.05, 0.1) is 0 Å². The van der Waals surface area contributed by atoms with E-state index in [0.717, 1.165) is 0 Å². The third-order valence-electron chi connectivity index (χ3n) is 2.56. The summed E-state index contributed by atoms with van der Waals surface area (Å²) in [5.41, 5.74) is 5.79. The first-order valence-corrected chi connectivity index (χ1v) is 5.21. The van der Waals surface area contributed by atoms with Crippen molar-refractivity contribution in [3.05, 3.63) is 65.0 Å². The molecule has 0 atom stereocenters. The van der Waals surface area contributed by atoms with E-state index in [1.807, 2.05) is 25.3 Å². The third-order valence-corrected chi connectivity index (χ3v) is 2.56. The molecule has 1 heteroatoms. The minimum Gasteiger partial charge on any atom is -0.264 e. The summed E-state index contributed by atoms with van der Waals surface area (Å²) in [4.78, 5) is 3.88. The van der Waals surface area contributed by atoms with Crippen LogP contribution in [0.1, 0.15) is 22.3 Å². The van der Waals surface area contributed by atoms with Gasteiger partial charge in [0.25, 0.3) is 0 Å². The number of hydrogen-bond donors (Lipinski definition) is 0. The summed E-state index contributed by atoms with van der Waals surface area (Å²) in [5.74, 6) is 0. The fourth-order valence-electron chi connectivity index (χ4n) is 1.56. The predicted octanol–water partition coefficient (Wildman–Crippen LogP) is 3.29. The van der Waals surface area contributed by atoms with E-state index in [-0.39, 0.29) is 0 Å². The number of hydrogen-bond acceptors (Lipinski definition) is 1. The van der Waals surface area contributed by atoms with Crippen LogP contribution in [-0.4, -0.2) is 4.98 Å². The summed E-state index contributed by atoms with van der Waals surface area (Å²) in [6.07, 6.45) is 4.85. The first-order valence-electron chi connectivity index (χ1n) is 5.21. The van der Waals surface area contributed by atoms with Gasteiger partial charge in [-0.2, -0.15) is 0 Å². The lowest BCUT2D eigenvalue weighted by Gasteiger charge is -1.82. The van der Waals surface area contributed by atoms with E-state index in [4.69, 9.17) is 0 Å². The zero-order valence-electron chi connectivity index (χ0n) is 9.20. The summed E-state index contributed by atoms with van der Waals surface area (Å²) in [7, 11) is 0. The second-order valence-corrected chi connectivity index (χ2v) is 3.92. The van der Waals surface area contributed by atoms with Gasteiger partial charge < -0.3 is 0 Å². The molecular formula is C14H15N. The molecule has 3 rings (SSSR count). The van der Waals surface area contributed by atoms with Crippen molar-refractivity contribution < 1.29 is 0 Å². The van der Waals surface area contributed by atoms with Crippen molar-refractivity contribution in [3.8, 4) is 0 Å². The Bertz CT molecular complexity index is 446. The van der Waals surface area contributed by atoms with E-state index in [1.54, 1.807) is 17.3 Å². The van der Waals surface area contributed by atoms with E-state index in [1.165, 1.54) is 17.5 Å². The predicted molar refractivity (Wildman–Crippen MR) is 63.0 cm³/mol. The Labute approximate surface area is 90.8 Å². The van der Waals surface area contributed by atoms with Gasteiger partial charge >= 0.3 is 0 Å². The molecule has 1 aromatic carbocycles. The second-order valence-electron chi connectivity index (χ2n) is 3.92. The first kappa shape index (κ1) is 9.91. The van der Waals surface area contributed by atoms with Crippen LogP contribution in [0.4, 0.5) is 0 Å². The number of rotatable bonds is 0. The topological polar surface area (TPSA) is 12.9 Å². The molecule has 1 aliphatic rings. The Morgan fingerprint density at radius 3 is 2.40 bits per heavy atom. The van der Waals surface area contributed by atoms with Crippen LogP contribution in [0.15, 0.2) is 42.7 Å². The molecule has 0 bridgehead atoms. The molecule has 1 nitrogen and oxygen atoms in total. The van der Waals surface area contributed by atoms with Gasteiger partial charge in [0.2, 0.25) is 0 Å². The zero-order chi connectivity index (χ0) is 10.7. The molecule has 0 saturated heterocycles. The molecule has 0 saturated carbocycles. The number of pyridine rings is 1. The highest BCUT2D eigenvalue weighted by atomic mass is 14.6. The summed E-state index contributed by atoms with van der Waals surface area (Å²) in [6, 6.07) is 10.4. The van der Waals surface area contributed by atoms with Crippen molar-refractivity contribution in [3.63, 3.8) is 0 Å². The molecule has 0 N–H and O–H groups in total. The largest absolute Gasteiger partial charge is 0.264 e. The van der Waals surface area contributed by atoms with Crippen LogP contribution in [0.2, 0.25) is 0 Å². The molecule has 2 aromatic rings. The molecule has 0 amide bonds. The number of nitrogens with zero attached hydrogens (tertiary/aromatic N) is 1. The van der Waals surface area contributed by atoms with Gasteiger partial charge in [0.1, 0.15) is 0 Å². The highest BCUT2D eigenvalue weighted by Gasteiger charge is 2.16. The molecule has 76 valence electrons. The Kier molecular flexibility index (Phi) is 2.82. The fourth-order valence-corrected chi connectivity index (χ4v) is 1.56. The number of aryl methyl sites for hydroxylation is 2. The van der Waals surface area contributed by atoms with E-state index < -0.39 is 0 Å². The molecule has 0 radical (unpaired) electrons. The molecule has 1 heterocycles. The lowest BCUT2D eigenvalue weighted by atomic mass is 10.2. The van der Waals surface area contributed by atoms with Crippen LogP contribution < -0.4 is 0 Å². The van der Waals surface area contributed by atoms with Crippen LogP contribution >= 0.6 is 0 Å². The lowest BCUT2D eigenvalue weighted by molar-refractivity contribution is 1.27. The molecule has 0 fully saturated rings. The standard InChI is InChI=1S/C8H8.C6H7N/c1-6-3-2-4-7-5-8(6)7;1-6-3-2-4-7-5-6/h2-4H,5H2,1H3;2-5H,1H3. The average molecular weight is 197 g/mol. The number of benzene rings is 1. The highest BCUT2D eigenvalue weighted by Crippen LogP contribution is 2.29. The van der Waals surface area contributed by atoms with E-state index in [2.05, 4.69) is 30.1 Å². The minimum absolute atomic E-state index is 1.21. The molecule has 15 heavy (non-hydrogen) atoms. The maximum atomic E-state index is 3.88. The normalized spacial score (nSPS) is 11.1. The van der Waals surface area contributed by atoms with Gasteiger partial charge in [-0.3, -0.25) is 4.98 Å². The summed E-state index contributed by atoms with van der Waals surface area (Å²) >= 11 is 0. The molecule has 0 unspecified atom stereocenters. The van der Waals surface area contributed by atoms with E-state index >= 15 is 0 Å². The van der Waals surface area contributed by atoms with Crippen molar-refractivity contribution in [2.24, 2.45) is 0 Å². The Morgan fingerprint density at radius 1 is 1.07 bits per heavy atom. The summed E-state index contributed by atoms with van der Waals surface area (Å²) < 4.78 is 0. The molecule has 1 aliphatic carbocycles. The van der Waals surface area contributed by atoms with Gasteiger partial charge in [-0.05, 0) is 48.6 Å². The number of aromatic nitrogens is 1. The van der Waals surface area contributed by atoms with Gasteiger partial charge in [-0.1, -0.05) is 24.3 Å². The van der Waals surface area contributed by atoms with Crippen molar-refractivity contribution >= 4 is 0 Å². The Morgan fingerprint density at radius 2 is 1.93 bits per heavy atom. The third kappa shape index (κ3) is 2.66. The van der Waals surface area contributed by atoms with Crippen molar-refractivity contribution in [2.75, 3.05) is 0 Å². The first-order chi connectivity index (χ1) is 7.27. The van der Waals surface area contributed by atoms with Gasteiger partial charge in [-0.15, -0.1) is 0 Å². The van der Waals surface area contributed by atoms with Crippen molar-refractivity contribution in [1.29, 1.82) is 0 Å². The van der Waals surface area contributed by atoms with Gasteiger partial charge in [0.15, 0.2) is 0 Å². The lowest BCUT2D eigenvalue weighted by Crippen LogP contribution is -1.69. The smallest absolute Gasteiger partial charge is 0.0297 e. The minimum atomic E-state index is 1.21. The number of fused-ring (bicyclic) bond motifs is 1. The molecule has 0 aliphatic heterocycles. The van der Waals surface area contributed by atoms with Crippen molar-refractivity contribution in [1.82, 2.24) is 4.98 Å². The quantitative estimate of drug-likeness (QED) is 0.539. The SMILES string of the molecule is Cc1cccc2c1C2.Cc1cccnc1. The van der Waals surface area contributed by atoms with Crippen LogP contribution in [0.3, 0.4) is 0 Å². The zero-order valence-corrected chi connectivity index (χ0v) is 9.20. The van der Waals surface area contributed by atoms with Crippen LogP contribution in [0.5, 0.6) is 0 Å². The van der Waals surface area contributed by atoms with Crippen molar-refractivity contribution in [2.45, 2.75) is 20.3 Å². The maximum absolute atomic E-state index is 3.88. The Balaban J connectivity index is 0.000000115. The fraction of sp³-hybridized carbons (Fsp3) is 0.214.